The number of nitrogens with zero attached hydrogens (tertiary/aromatic N) is 4. The smallest absolute Gasteiger partial charge is 0.205 e. The van der Waals surface area contributed by atoms with Crippen LogP contribution in [0.15, 0.2) is 18.2 Å². The summed E-state index contributed by atoms with van der Waals surface area (Å²) >= 11 is 12.1. The van der Waals surface area contributed by atoms with Crippen LogP contribution < -0.4 is 0 Å². The summed E-state index contributed by atoms with van der Waals surface area (Å²) in [6.07, 6.45) is 0. The summed E-state index contributed by atoms with van der Waals surface area (Å²) in [7, 11) is -1.25. The van der Waals surface area contributed by atoms with E-state index < -0.39 is 10.2 Å². The van der Waals surface area contributed by atoms with Crippen molar-refractivity contribution in [3.63, 3.8) is 0 Å². The minimum atomic E-state index is -3.96. The monoisotopic (exact) mass is 358 g/mol. The summed E-state index contributed by atoms with van der Waals surface area (Å²) in [6, 6.07) is 6.74. The van der Waals surface area contributed by atoms with Crippen LogP contribution in [0.3, 0.4) is 0 Å². The molecule has 0 amide bonds. The Labute approximate surface area is 138 Å². The Balaban J connectivity index is 2.85. The molecule has 0 aliphatic heterocycles. The van der Waals surface area contributed by atoms with Crippen molar-refractivity contribution in [3.8, 4) is 17.3 Å². The number of nitriles is 1. The van der Waals surface area contributed by atoms with Crippen LogP contribution in [-0.2, 0) is 10.2 Å². The molecule has 0 spiro atoms. The van der Waals surface area contributed by atoms with Gasteiger partial charge < -0.3 is 0 Å². The fourth-order valence-corrected chi connectivity index (χ4v) is 3.37. The topological polar surface area (TPSA) is 79.0 Å². The highest BCUT2D eigenvalue weighted by molar-refractivity contribution is 7.87. The molecule has 0 aliphatic rings. The van der Waals surface area contributed by atoms with Crippen molar-refractivity contribution in [2.45, 2.75) is 6.92 Å². The van der Waals surface area contributed by atoms with E-state index in [0.717, 1.165) is 13.8 Å². The van der Waals surface area contributed by atoms with Crippen molar-refractivity contribution in [2.24, 2.45) is 0 Å². The third-order valence-electron chi connectivity index (χ3n) is 3.03. The molecule has 0 saturated heterocycles. The van der Waals surface area contributed by atoms with Crippen molar-refractivity contribution < 1.29 is 8.42 Å². The highest BCUT2D eigenvalue weighted by atomic mass is 35.5. The number of rotatable bonds is 3. The van der Waals surface area contributed by atoms with E-state index in [2.05, 4.69) is 4.98 Å². The molecule has 1 aromatic carbocycles. The standard InChI is InChI=1S/C13H12Cl2N4O2S/c1-8-4-5-9(6-10(8)14)12-13(15)17-11(7-16)19(12)22(20,21)18(2)3/h4-6H,1-3H3. The molecule has 116 valence electrons. The predicted molar refractivity (Wildman–Crippen MR) is 85.1 cm³/mol. The second-order valence-electron chi connectivity index (χ2n) is 4.71. The first kappa shape index (κ1) is 16.8. The summed E-state index contributed by atoms with van der Waals surface area (Å²) in [4.78, 5) is 3.82. The van der Waals surface area contributed by atoms with Crippen LogP contribution in [0, 0.1) is 18.3 Å². The molecule has 9 heteroatoms. The van der Waals surface area contributed by atoms with E-state index in [1.54, 1.807) is 24.3 Å². The van der Waals surface area contributed by atoms with Gasteiger partial charge in [0.1, 0.15) is 11.8 Å². The van der Waals surface area contributed by atoms with Gasteiger partial charge in [-0.2, -0.15) is 22.0 Å². The van der Waals surface area contributed by atoms with Crippen LogP contribution in [0.4, 0.5) is 0 Å². The van der Waals surface area contributed by atoms with E-state index in [1.165, 1.54) is 14.1 Å². The first-order valence-electron chi connectivity index (χ1n) is 6.08. The average Bonchev–Trinajstić information content (AvgIpc) is 2.79. The van der Waals surface area contributed by atoms with E-state index >= 15 is 0 Å². The highest BCUT2D eigenvalue weighted by Gasteiger charge is 2.28. The summed E-state index contributed by atoms with van der Waals surface area (Å²) in [5.41, 5.74) is 1.40. The van der Waals surface area contributed by atoms with Gasteiger partial charge in [0.25, 0.3) is 0 Å². The van der Waals surface area contributed by atoms with Crippen molar-refractivity contribution >= 4 is 33.4 Å². The molecule has 22 heavy (non-hydrogen) atoms. The van der Waals surface area contributed by atoms with Gasteiger partial charge in [-0.05, 0) is 18.6 Å². The van der Waals surface area contributed by atoms with Gasteiger partial charge >= 0.3 is 10.2 Å². The lowest BCUT2D eigenvalue weighted by molar-refractivity contribution is 0.510. The average molecular weight is 359 g/mol. The zero-order valence-corrected chi connectivity index (χ0v) is 14.3. The van der Waals surface area contributed by atoms with Gasteiger partial charge in [0.15, 0.2) is 5.15 Å². The maximum absolute atomic E-state index is 12.5. The lowest BCUT2D eigenvalue weighted by Crippen LogP contribution is -2.30. The maximum atomic E-state index is 12.5. The van der Waals surface area contributed by atoms with Gasteiger partial charge in [0.05, 0.1) is 0 Å². The number of halogens is 2. The Kier molecular flexibility index (Phi) is 4.49. The fraction of sp³-hybridized carbons (Fsp3) is 0.231. The van der Waals surface area contributed by atoms with Crippen LogP contribution >= 0.6 is 23.2 Å². The first-order valence-corrected chi connectivity index (χ1v) is 8.23. The second kappa shape index (κ2) is 5.89. The summed E-state index contributed by atoms with van der Waals surface area (Å²) in [5.74, 6) is -0.314. The molecule has 0 bridgehead atoms. The van der Waals surface area contributed by atoms with Gasteiger partial charge in [0, 0.05) is 24.7 Å². The van der Waals surface area contributed by atoms with E-state index in [0.29, 0.717) is 10.6 Å². The molecule has 0 atom stereocenters. The minimum Gasteiger partial charge on any atom is -0.205 e. The van der Waals surface area contributed by atoms with Crippen molar-refractivity contribution in [3.05, 3.63) is 39.8 Å². The van der Waals surface area contributed by atoms with Gasteiger partial charge in [-0.15, -0.1) is 0 Å². The highest BCUT2D eigenvalue weighted by Crippen LogP contribution is 2.33. The van der Waals surface area contributed by atoms with Crippen LogP contribution in [-0.4, -0.2) is 35.8 Å². The van der Waals surface area contributed by atoms with Crippen molar-refractivity contribution in [1.82, 2.24) is 13.3 Å². The number of aromatic nitrogens is 2. The molecule has 0 fully saturated rings. The zero-order chi connectivity index (χ0) is 16.7. The normalized spacial score (nSPS) is 11.7. The van der Waals surface area contributed by atoms with Crippen LogP contribution in [0.5, 0.6) is 0 Å². The van der Waals surface area contributed by atoms with Gasteiger partial charge in [-0.1, -0.05) is 35.3 Å². The number of aryl methyl sites for hydroxylation is 1. The lowest BCUT2D eigenvalue weighted by Gasteiger charge is -2.15. The predicted octanol–water partition coefficient (Wildman–Crippen LogP) is 2.69. The van der Waals surface area contributed by atoms with E-state index in [-0.39, 0.29) is 16.7 Å². The first-order chi connectivity index (χ1) is 10.2. The second-order valence-corrected chi connectivity index (χ2v) is 7.46. The molecule has 0 radical (unpaired) electrons. The Bertz CT molecular complexity index is 882. The summed E-state index contributed by atoms with van der Waals surface area (Å²) in [5, 5.41) is 9.52. The number of hydrogen-bond donors (Lipinski definition) is 0. The molecule has 2 rings (SSSR count). The Morgan fingerprint density at radius 2 is 1.95 bits per heavy atom. The number of imidazole rings is 1. The Morgan fingerprint density at radius 3 is 2.45 bits per heavy atom. The van der Waals surface area contributed by atoms with E-state index in [4.69, 9.17) is 28.5 Å². The molecule has 1 heterocycles. The minimum absolute atomic E-state index is 0.0816. The molecule has 0 N–H and O–H groups in total. The summed E-state index contributed by atoms with van der Waals surface area (Å²) in [6.45, 7) is 1.82. The Hall–Kier alpha value is -1.59. The van der Waals surface area contributed by atoms with Crippen molar-refractivity contribution in [2.75, 3.05) is 14.1 Å². The number of hydrogen-bond acceptors (Lipinski definition) is 4. The number of benzene rings is 1. The van der Waals surface area contributed by atoms with Crippen LogP contribution in [0.25, 0.3) is 11.3 Å². The molecule has 1 aromatic heterocycles. The van der Waals surface area contributed by atoms with E-state index in [1.807, 2.05) is 6.92 Å². The van der Waals surface area contributed by atoms with Crippen molar-refractivity contribution in [1.29, 1.82) is 5.26 Å². The molecule has 0 saturated carbocycles. The van der Waals surface area contributed by atoms with Gasteiger partial charge in [0.2, 0.25) is 5.82 Å². The molecular formula is C13H12Cl2N4O2S. The maximum Gasteiger partial charge on any atom is 0.309 e. The largest absolute Gasteiger partial charge is 0.309 e. The zero-order valence-electron chi connectivity index (χ0n) is 12.0. The Morgan fingerprint density at radius 1 is 1.32 bits per heavy atom. The van der Waals surface area contributed by atoms with Crippen LogP contribution in [0.1, 0.15) is 11.4 Å². The van der Waals surface area contributed by atoms with Gasteiger partial charge in [-0.25, -0.2) is 4.98 Å². The SMILES string of the molecule is Cc1ccc(-c2c(Cl)nc(C#N)n2S(=O)(=O)N(C)C)cc1Cl. The molecular weight excluding hydrogens is 347 g/mol. The van der Waals surface area contributed by atoms with Crippen LogP contribution in [0.2, 0.25) is 10.2 Å². The molecule has 6 nitrogen and oxygen atoms in total. The summed E-state index contributed by atoms with van der Waals surface area (Å²) < 4.78 is 26.7. The molecule has 0 unspecified atom stereocenters. The fourth-order valence-electron chi connectivity index (χ4n) is 1.82. The third-order valence-corrected chi connectivity index (χ3v) is 5.44. The lowest BCUT2D eigenvalue weighted by atomic mass is 10.1. The van der Waals surface area contributed by atoms with Gasteiger partial charge in [-0.3, -0.25) is 0 Å². The molecule has 2 aromatic rings. The third kappa shape index (κ3) is 2.71. The molecule has 0 aliphatic carbocycles. The quantitative estimate of drug-likeness (QED) is 0.844. The van der Waals surface area contributed by atoms with E-state index in [9.17, 15) is 8.42 Å².